The van der Waals surface area contributed by atoms with Crippen LogP contribution in [0, 0.1) is 17.2 Å². The van der Waals surface area contributed by atoms with Crippen LogP contribution in [-0.2, 0) is 4.79 Å². The lowest BCUT2D eigenvalue weighted by Gasteiger charge is -2.20. The largest absolute Gasteiger partial charge is 0.490 e. The molecule has 0 saturated carbocycles. The minimum Gasteiger partial charge on any atom is -0.490 e. The van der Waals surface area contributed by atoms with E-state index in [9.17, 15) is 9.59 Å². The van der Waals surface area contributed by atoms with Gasteiger partial charge < -0.3 is 14.8 Å². The highest BCUT2D eigenvalue weighted by Gasteiger charge is 2.24. The molecule has 0 aliphatic heterocycles. The standard InChI is InChI=1S/C23H24Cl2N4O4/c1-4-32-20-11-15(5-8-19(20)33-10-9-26)13-27-29-23(31)21(14(2)3)28-22(30)16-6-7-17(24)18(25)12-16/h5-8,11-14,21H,4,10H2,1-3H3,(H,28,30)(H,29,31). The summed E-state index contributed by atoms with van der Waals surface area (Å²) in [4.78, 5) is 25.2. The number of benzene rings is 2. The Hall–Kier alpha value is -3.28. The predicted octanol–water partition coefficient (Wildman–Crippen LogP) is 4.20. The van der Waals surface area contributed by atoms with Crippen molar-refractivity contribution in [2.24, 2.45) is 11.0 Å². The number of ether oxygens (including phenoxy) is 2. The summed E-state index contributed by atoms with van der Waals surface area (Å²) in [7, 11) is 0. The lowest BCUT2D eigenvalue weighted by Crippen LogP contribution is -2.48. The summed E-state index contributed by atoms with van der Waals surface area (Å²) in [5.41, 5.74) is 3.37. The highest BCUT2D eigenvalue weighted by atomic mass is 35.5. The van der Waals surface area contributed by atoms with E-state index in [1.54, 1.807) is 32.0 Å². The lowest BCUT2D eigenvalue weighted by molar-refractivity contribution is -0.123. The highest BCUT2D eigenvalue weighted by Crippen LogP contribution is 2.28. The molecular formula is C23H24Cl2N4O4. The van der Waals surface area contributed by atoms with E-state index >= 15 is 0 Å². The fourth-order valence-corrected chi connectivity index (χ4v) is 3.04. The van der Waals surface area contributed by atoms with Crippen molar-refractivity contribution < 1.29 is 19.1 Å². The van der Waals surface area contributed by atoms with Gasteiger partial charge in [-0.2, -0.15) is 10.4 Å². The van der Waals surface area contributed by atoms with E-state index in [4.69, 9.17) is 37.9 Å². The number of nitriles is 1. The molecule has 0 saturated heterocycles. The zero-order valence-electron chi connectivity index (χ0n) is 18.4. The summed E-state index contributed by atoms with van der Waals surface area (Å²) in [6, 6.07) is 10.6. The Morgan fingerprint density at radius 3 is 2.52 bits per heavy atom. The van der Waals surface area contributed by atoms with Gasteiger partial charge in [0.05, 0.1) is 22.9 Å². The lowest BCUT2D eigenvalue weighted by atomic mass is 10.0. The maximum absolute atomic E-state index is 12.6. The summed E-state index contributed by atoms with van der Waals surface area (Å²) >= 11 is 11.9. The molecule has 0 aliphatic carbocycles. The van der Waals surface area contributed by atoms with Crippen LogP contribution in [0.4, 0.5) is 0 Å². The van der Waals surface area contributed by atoms with Crippen molar-refractivity contribution in [1.82, 2.24) is 10.7 Å². The first-order valence-corrected chi connectivity index (χ1v) is 10.9. The molecule has 2 N–H and O–H groups in total. The molecule has 0 aromatic heterocycles. The molecule has 2 amide bonds. The van der Waals surface area contributed by atoms with Crippen LogP contribution in [0.1, 0.15) is 36.7 Å². The van der Waals surface area contributed by atoms with E-state index in [0.717, 1.165) is 0 Å². The zero-order chi connectivity index (χ0) is 24.4. The number of halogens is 2. The van der Waals surface area contributed by atoms with Gasteiger partial charge in [0.25, 0.3) is 11.8 Å². The zero-order valence-corrected chi connectivity index (χ0v) is 19.9. The fourth-order valence-electron chi connectivity index (χ4n) is 2.74. The van der Waals surface area contributed by atoms with Crippen molar-refractivity contribution in [3.63, 3.8) is 0 Å². The van der Waals surface area contributed by atoms with E-state index in [-0.39, 0.29) is 23.1 Å². The number of rotatable bonds is 10. The Kier molecular flexibility index (Phi) is 9.98. The molecule has 1 atom stereocenters. The minimum atomic E-state index is -0.829. The predicted molar refractivity (Wildman–Crippen MR) is 127 cm³/mol. The molecule has 0 heterocycles. The number of hydrogen-bond acceptors (Lipinski definition) is 6. The summed E-state index contributed by atoms with van der Waals surface area (Å²) in [6.45, 7) is 5.74. The van der Waals surface area contributed by atoms with Crippen LogP contribution >= 0.6 is 23.2 Å². The molecule has 10 heteroatoms. The van der Waals surface area contributed by atoms with Crippen LogP contribution in [0.3, 0.4) is 0 Å². The van der Waals surface area contributed by atoms with E-state index in [1.807, 2.05) is 13.0 Å². The molecule has 0 aliphatic rings. The van der Waals surface area contributed by atoms with E-state index < -0.39 is 17.9 Å². The van der Waals surface area contributed by atoms with Gasteiger partial charge in [-0.15, -0.1) is 0 Å². The van der Waals surface area contributed by atoms with Crippen molar-refractivity contribution in [3.05, 3.63) is 57.6 Å². The highest BCUT2D eigenvalue weighted by molar-refractivity contribution is 6.42. The average molecular weight is 491 g/mol. The Labute approximate surface area is 202 Å². The van der Waals surface area contributed by atoms with Crippen LogP contribution in [0.15, 0.2) is 41.5 Å². The van der Waals surface area contributed by atoms with Crippen molar-refractivity contribution in [1.29, 1.82) is 5.26 Å². The van der Waals surface area contributed by atoms with Gasteiger partial charge in [-0.05, 0) is 54.8 Å². The van der Waals surface area contributed by atoms with Gasteiger partial charge in [0.15, 0.2) is 18.1 Å². The second-order valence-corrected chi connectivity index (χ2v) is 7.96. The van der Waals surface area contributed by atoms with Gasteiger partial charge in [-0.3, -0.25) is 9.59 Å². The molecular weight excluding hydrogens is 467 g/mol. The van der Waals surface area contributed by atoms with E-state index in [2.05, 4.69) is 15.8 Å². The smallest absolute Gasteiger partial charge is 0.262 e. The first kappa shape index (κ1) is 26.0. The van der Waals surface area contributed by atoms with E-state index in [1.165, 1.54) is 24.4 Å². The van der Waals surface area contributed by atoms with Crippen LogP contribution in [0.5, 0.6) is 11.5 Å². The number of amides is 2. The van der Waals surface area contributed by atoms with Gasteiger partial charge in [-0.1, -0.05) is 37.0 Å². The molecule has 1 unspecified atom stereocenters. The number of carbonyl (C=O) groups is 2. The van der Waals surface area contributed by atoms with Gasteiger partial charge in [0.2, 0.25) is 0 Å². The SMILES string of the molecule is CCOc1cc(C=NNC(=O)C(NC(=O)c2ccc(Cl)c(Cl)c2)C(C)C)ccc1OCC#N. The fraction of sp³-hybridized carbons (Fsp3) is 0.304. The maximum Gasteiger partial charge on any atom is 0.262 e. The van der Waals surface area contributed by atoms with Crippen LogP contribution < -0.4 is 20.2 Å². The molecule has 33 heavy (non-hydrogen) atoms. The average Bonchev–Trinajstić information content (AvgIpc) is 2.78. The number of nitrogens with one attached hydrogen (secondary N) is 2. The van der Waals surface area contributed by atoms with Crippen molar-refractivity contribution >= 4 is 41.2 Å². The molecule has 2 rings (SSSR count). The van der Waals surface area contributed by atoms with Crippen LogP contribution in [-0.4, -0.2) is 37.3 Å². The molecule has 0 spiro atoms. The summed E-state index contributed by atoms with van der Waals surface area (Å²) in [6.07, 6.45) is 1.44. The summed E-state index contributed by atoms with van der Waals surface area (Å²) in [5, 5.41) is 15.9. The van der Waals surface area contributed by atoms with Crippen molar-refractivity contribution in [3.8, 4) is 17.6 Å². The Morgan fingerprint density at radius 1 is 1.12 bits per heavy atom. The monoisotopic (exact) mass is 490 g/mol. The third-order valence-electron chi connectivity index (χ3n) is 4.37. The topological polar surface area (TPSA) is 113 Å². The molecule has 0 radical (unpaired) electrons. The molecule has 8 nitrogen and oxygen atoms in total. The third-order valence-corrected chi connectivity index (χ3v) is 5.10. The molecule has 2 aromatic rings. The van der Waals surface area contributed by atoms with Crippen LogP contribution in [0.25, 0.3) is 0 Å². The molecule has 174 valence electrons. The first-order valence-electron chi connectivity index (χ1n) is 10.1. The van der Waals surface area contributed by atoms with Crippen molar-refractivity contribution in [2.75, 3.05) is 13.2 Å². The third kappa shape index (κ3) is 7.67. The molecule has 0 fully saturated rings. The van der Waals surface area contributed by atoms with Gasteiger partial charge in [-0.25, -0.2) is 5.43 Å². The number of hydrogen-bond donors (Lipinski definition) is 2. The maximum atomic E-state index is 12.6. The second kappa shape index (κ2) is 12.7. The van der Waals surface area contributed by atoms with Crippen molar-refractivity contribution in [2.45, 2.75) is 26.8 Å². The number of hydrazone groups is 1. The number of carbonyl (C=O) groups excluding carboxylic acids is 2. The van der Waals surface area contributed by atoms with Gasteiger partial charge in [0.1, 0.15) is 12.1 Å². The van der Waals surface area contributed by atoms with Gasteiger partial charge in [0, 0.05) is 5.56 Å². The summed E-state index contributed by atoms with van der Waals surface area (Å²) in [5.74, 6) is -0.246. The summed E-state index contributed by atoms with van der Waals surface area (Å²) < 4.78 is 10.9. The quantitative estimate of drug-likeness (QED) is 0.382. The number of nitrogens with zero attached hydrogens (tertiary/aromatic N) is 2. The Balaban J connectivity index is 2.06. The van der Waals surface area contributed by atoms with Gasteiger partial charge >= 0.3 is 0 Å². The van der Waals surface area contributed by atoms with Crippen LogP contribution in [0.2, 0.25) is 10.0 Å². The molecule has 0 bridgehead atoms. The van der Waals surface area contributed by atoms with E-state index in [0.29, 0.717) is 28.7 Å². The minimum absolute atomic E-state index is 0.103. The second-order valence-electron chi connectivity index (χ2n) is 7.14. The molecule has 2 aromatic carbocycles. The Bertz CT molecular complexity index is 1070. The Morgan fingerprint density at radius 2 is 1.88 bits per heavy atom. The normalized spacial score (nSPS) is 11.7. The first-order chi connectivity index (χ1) is 15.8.